The Morgan fingerprint density at radius 2 is 1.70 bits per heavy atom. The molecule has 1 saturated heterocycles. The fraction of sp³-hybridized carbons (Fsp3) is 0.238. The maximum absolute atomic E-state index is 14.5. The Morgan fingerprint density at radius 1 is 1.07 bits per heavy atom. The molecule has 1 N–H and O–H groups in total. The molecule has 0 aromatic heterocycles. The van der Waals surface area contributed by atoms with E-state index in [0.717, 1.165) is 0 Å². The molecular formula is C21H21FN2O3. The van der Waals surface area contributed by atoms with Crippen molar-refractivity contribution in [2.75, 3.05) is 27.2 Å². The van der Waals surface area contributed by atoms with E-state index in [1.54, 1.807) is 42.5 Å². The van der Waals surface area contributed by atoms with E-state index >= 15 is 0 Å². The van der Waals surface area contributed by atoms with E-state index in [0.29, 0.717) is 12.1 Å². The predicted octanol–water partition coefficient (Wildman–Crippen LogP) is 2.81. The summed E-state index contributed by atoms with van der Waals surface area (Å²) >= 11 is 0. The molecule has 1 aliphatic rings. The number of hydrogen-bond donors (Lipinski definition) is 1. The molecule has 27 heavy (non-hydrogen) atoms. The van der Waals surface area contributed by atoms with Gasteiger partial charge in [0.25, 0.3) is 11.7 Å². The van der Waals surface area contributed by atoms with Crippen LogP contribution >= 0.6 is 0 Å². The largest absolute Gasteiger partial charge is 0.507 e. The van der Waals surface area contributed by atoms with Crippen LogP contribution < -0.4 is 0 Å². The van der Waals surface area contributed by atoms with Crippen LogP contribution in [0, 0.1) is 5.82 Å². The van der Waals surface area contributed by atoms with Gasteiger partial charge in [0, 0.05) is 24.2 Å². The Labute approximate surface area is 157 Å². The molecule has 0 spiro atoms. The van der Waals surface area contributed by atoms with Gasteiger partial charge in [-0.05, 0) is 20.2 Å². The molecular weight excluding hydrogens is 347 g/mol. The quantitative estimate of drug-likeness (QED) is 0.501. The number of rotatable bonds is 5. The molecule has 0 aliphatic carbocycles. The highest BCUT2D eigenvalue weighted by Gasteiger charge is 2.46. The van der Waals surface area contributed by atoms with E-state index in [1.165, 1.54) is 17.0 Å². The number of carbonyl (C=O) groups excluding carboxylic acids is 2. The summed E-state index contributed by atoms with van der Waals surface area (Å²) in [5, 5.41) is 10.8. The van der Waals surface area contributed by atoms with Gasteiger partial charge in [-0.3, -0.25) is 9.59 Å². The van der Waals surface area contributed by atoms with Crippen molar-refractivity contribution in [1.82, 2.24) is 9.80 Å². The lowest BCUT2D eigenvalue weighted by molar-refractivity contribution is -0.140. The fourth-order valence-corrected chi connectivity index (χ4v) is 3.19. The van der Waals surface area contributed by atoms with Gasteiger partial charge in [0.2, 0.25) is 0 Å². The van der Waals surface area contributed by atoms with Crippen LogP contribution in [0.4, 0.5) is 4.39 Å². The fourth-order valence-electron chi connectivity index (χ4n) is 3.19. The van der Waals surface area contributed by atoms with E-state index < -0.39 is 23.5 Å². The zero-order chi connectivity index (χ0) is 19.6. The molecule has 5 nitrogen and oxygen atoms in total. The van der Waals surface area contributed by atoms with Gasteiger partial charge in [0.15, 0.2) is 0 Å². The molecule has 1 amide bonds. The van der Waals surface area contributed by atoms with Gasteiger partial charge in [0.1, 0.15) is 11.6 Å². The highest BCUT2D eigenvalue weighted by Crippen LogP contribution is 2.40. The third kappa shape index (κ3) is 3.61. The van der Waals surface area contributed by atoms with Crippen LogP contribution in [0.5, 0.6) is 0 Å². The van der Waals surface area contributed by atoms with Crippen LogP contribution in [0.1, 0.15) is 17.2 Å². The van der Waals surface area contributed by atoms with Crippen LogP contribution in [-0.4, -0.2) is 53.8 Å². The second-order valence-corrected chi connectivity index (χ2v) is 6.68. The summed E-state index contributed by atoms with van der Waals surface area (Å²) in [5.74, 6) is -2.36. The molecule has 0 saturated carbocycles. The Hall–Kier alpha value is -2.99. The molecule has 0 bridgehead atoms. The second-order valence-electron chi connectivity index (χ2n) is 6.68. The monoisotopic (exact) mass is 368 g/mol. The standard InChI is InChI=1S/C21H21FN2O3/c1-23(2)12-13-24-18(15-10-6-7-11-16(15)22)17(20(26)21(24)27)19(25)14-8-4-3-5-9-14/h3-11,18,25H,12-13H2,1-2H3. The predicted molar refractivity (Wildman–Crippen MR) is 100 cm³/mol. The number of hydrogen-bond acceptors (Lipinski definition) is 4. The highest BCUT2D eigenvalue weighted by atomic mass is 19.1. The van der Waals surface area contributed by atoms with Crippen molar-refractivity contribution in [3.63, 3.8) is 0 Å². The van der Waals surface area contributed by atoms with Crippen LogP contribution in [0.15, 0.2) is 60.2 Å². The Morgan fingerprint density at radius 3 is 2.33 bits per heavy atom. The number of amides is 1. The molecule has 2 aromatic carbocycles. The lowest BCUT2D eigenvalue weighted by atomic mass is 9.95. The number of ketones is 1. The molecule has 1 heterocycles. The smallest absolute Gasteiger partial charge is 0.295 e. The molecule has 0 radical (unpaired) electrons. The lowest BCUT2D eigenvalue weighted by Crippen LogP contribution is -2.35. The number of halogens is 1. The van der Waals surface area contributed by atoms with Crippen molar-refractivity contribution in [2.45, 2.75) is 6.04 Å². The lowest BCUT2D eigenvalue weighted by Gasteiger charge is -2.26. The zero-order valence-corrected chi connectivity index (χ0v) is 15.2. The summed E-state index contributed by atoms with van der Waals surface area (Å²) < 4.78 is 14.5. The van der Waals surface area contributed by atoms with Gasteiger partial charge < -0.3 is 14.9 Å². The first kappa shape index (κ1) is 18.8. The zero-order valence-electron chi connectivity index (χ0n) is 15.2. The average Bonchev–Trinajstić information content (AvgIpc) is 2.91. The van der Waals surface area contributed by atoms with E-state index in [2.05, 4.69) is 0 Å². The first-order chi connectivity index (χ1) is 12.9. The minimum Gasteiger partial charge on any atom is -0.507 e. The first-order valence-corrected chi connectivity index (χ1v) is 8.64. The maximum Gasteiger partial charge on any atom is 0.295 e. The number of likely N-dealkylation sites (N-methyl/N-ethyl adjacent to an activating group) is 1. The van der Waals surface area contributed by atoms with E-state index in [4.69, 9.17) is 0 Å². The minimum atomic E-state index is -0.966. The van der Waals surface area contributed by atoms with Crippen LogP contribution in [-0.2, 0) is 9.59 Å². The molecule has 3 rings (SSSR count). The number of carbonyl (C=O) groups is 2. The third-order valence-corrected chi connectivity index (χ3v) is 4.58. The molecule has 2 aromatic rings. The third-order valence-electron chi connectivity index (χ3n) is 4.58. The maximum atomic E-state index is 14.5. The molecule has 1 unspecified atom stereocenters. The van der Waals surface area contributed by atoms with Gasteiger partial charge in [0.05, 0.1) is 11.6 Å². The van der Waals surface area contributed by atoms with E-state index in [1.807, 2.05) is 19.0 Å². The first-order valence-electron chi connectivity index (χ1n) is 8.64. The topological polar surface area (TPSA) is 60.9 Å². The number of aliphatic hydroxyl groups excluding tert-OH is 1. The average molecular weight is 368 g/mol. The van der Waals surface area contributed by atoms with Crippen molar-refractivity contribution in [1.29, 1.82) is 0 Å². The van der Waals surface area contributed by atoms with Gasteiger partial charge in [-0.15, -0.1) is 0 Å². The number of Topliss-reactive ketones (excluding diaryl/α,β-unsaturated/α-hetero) is 1. The molecule has 1 atom stereocenters. The molecule has 1 fully saturated rings. The van der Waals surface area contributed by atoms with Crippen LogP contribution in [0.25, 0.3) is 5.76 Å². The number of nitrogens with zero attached hydrogens (tertiary/aromatic N) is 2. The van der Waals surface area contributed by atoms with E-state index in [9.17, 15) is 19.1 Å². The normalized spacial score (nSPS) is 19.1. The van der Waals surface area contributed by atoms with Crippen molar-refractivity contribution in [3.05, 3.63) is 77.1 Å². The van der Waals surface area contributed by atoms with Crippen LogP contribution in [0.3, 0.4) is 0 Å². The van der Waals surface area contributed by atoms with Gasteiger partial charge >= 0.3 is 0 Å². The van der Waals surface area contributed by atoms with Crippen molar-refractivity contribution in [3.8, 4) is 0 Å². The Balaban J connectivity index is 2.17. The van der Waals surface area contributed by atoms with Crippen LogP contribution in [0.2, 0.25) is 0 Å². The van der Waals surface area contributed by atoms with Gasteiger partial charge in [-0.1, -0.05) is 48.5 Å². The number of aliphatic hydroxyl groups is 1. The minimum absolute atomic E-state index is 0.0879. The summed E-state index contributed by atoms with van der Waals surface area (Å²) in [6, 6.07) is 13.5. The SMILES string of the molecule is CN(C)CCN1C(=O)C(=O)C(=C(O)c2ccccc2)C1c1ccccc1F. The van der Waals surface area contributed by atoms with Crippen molar-refractivity contribution < 1.29 is 19.1 Å². The summed E-state index contributed by atoms with van der Waals surface area (Å²) in [5.41, 5.74) is 0.507. The molecule has 1 aliphatic heterocycles. The van der Waals surface area contributed by atoms with Gasteiger partial charge in [-0.25, -0.2) is 4.39 Å². The van der Waals surface area contributed by atoms with Crippen molar-refractivity contribution in [2.24, 2.45) is 0 Å². The molecule has 140 valence electrons. The highest BCUT2D eigenvalue weighted by molar-refractivity contribution is 6.46. The van der Waals surface area contributed by atoms with Crippen molar-refractivity contribution >= 4 is 17.4 Å². The second kappa shape index (κ2) is 7.72. The summed E-state index contributed by atoms with van der Waals surface area (Å²) in [4.78, 5) is 28.6. The Kier molecular flexibility index (Phi) is 5.37. The number of benzene rings is 2. The molecule has 6 heteroatoms. The Bertz CT molecular complexity index is 893. The summed E-state index contributed by atoms with van der Waals surface area (Å²) in [7, 11) is 3.69. The summed E-state index contributed by atoms with van der Waals surface area (Å²) in [6.07, 6.45) is 0. The number of likely N-dealkylation sites (tertiary alicyclic amines) is 1. The van der Waals surface area contributed by atoms with E-state index in [-0.39, 0.29) is 23.4 Å². The van der Waals surface area contributed by atoms with Gasteiger partial charge in [-0.2, -0.15) is 0 Å². The summed E-state index contributed by atoms with van der Waals surface area (Å²) in [6.45, 7) is 0.742.